The second-order valence-corrected chi connectivity index (χ2v) is 2.16. The Hall–Kier alpha value is -0.880. The Morgan fingerprint density at radius 1 is 1.80 bits per heavy atom. The van der Waals surface area contributed by atoms with Crippen LogP contribution in [0.4, 0.5) is 4.39 Å². The van der Waals surface area contributed by atoms with E-state index in [0.717, 1.165) is 0 Å². The molecule has 0 radical (unpaired) electrons. The van der Waals surface area contributed by atoms with Gasteiger partial charge in [0.15, 0.2) is 0 Å². The van der Waals surface area contributed by atoms with E-state index in [4.69, 9.17) is 10.00 Å². The molecule has 0 aromatic rings. The molecule has 0 spiro atoms. The molecule has 1 heterocycles. The van der Waals surface area contributed by atoms with Crippen LogP contribution in [0.1, 0.15) is 6.42 Å². The van der Waals surface area contributed by atoms with Gasteiger partial charge in [0.2, 0.25) is 0 Å². The Bertz CT molecular complexity index is 183. The first-order valence-electron chi connectivity index (χ1n) is 3.15. The van der Waals surface area contributed by atoms with E-state index in [1.807, 2.05) is 0 Å². The highest BCUT2D eigenvalue weighted by Gasteiger charge is 2.17. The SMILES string of the molecule is N#C/C=C1/COCCC1F. The van der Waals surface area contributed by atoms with Gasteiger partial charge in [-0.2, -0.15) is 5.26 Å². The Morgan fingerprint density at radius 2 is 2.60 bits per heavy atom. The Balaban J connectivity index is 2.58. The number of halogens is 1. The van der Waals surface area contributed by atoms with Crippen LogP contribution in [-0.4, -0.2) is 19.4 Å². The summed E-state index contributed by atoms with van der Waals surface area (Å²) in [5.74, 6) is 0. The molecule has 2 nitrogen and oxygen atoms in total. The van der Waals surface area contributed by atoms with Gasteiger partial charge in [-0.15, -0.1) is 0 Å². The molecule has 1 rings (SSSR count). The molecule has 0 bridgehead atoms. The molecule has 1 saturated heterocycles. The van der Waals surface area contributed by atoms with Crippen LogP contribution >= 0.6 is 0 Å². The highest BCUT2D eigenvalue weighted by molar-refractivity contribution is 5.18. The summed E-state index contributed by atoms with van der Waals surface area (Å²) in [6, 6.07) is 1.79. The molecule has 1 unspecified atom stereocenters. The lowest BCUT2D eigenvalue weighted by molar-refractivity contribution is 0.0938. The Morgan fingerprint density at radius 3 is 3.20 bits per heavy atom. The van der Waals surface area contributed by atoms with Crippen LogP contribution < -0.4 is 0 Å². The van der Waals surface area contributed by atoms with Gasteiger partial charge in [-0.05, 0) is 5.57 Å². The second-order valence-electron chi connectivity index (χ2n) is 2.16. The van der Waals surface area contributed by atoms with Gasteiger partial charge < -0.3 is 4.74 Å². The quantitative estimate of drug-likeness (QED) is 0.475. The van der Waals surface area contributed by atoms with Crippen LogP contribution in [0.5, 0.6) is 0 Å². The van der Waals surface area contributed by atoms with Crippen molar-refractivity contribution in [3.63, 3.8) is 0 Å². The zero-order valence-electron chi connectivity index (χ0n) is 5.51. The third-order valence-electron chi connectivity index (χ3n) is 1.44. The molecule has 0 aromatic carbocycles. The first-order chi connectivity index (χ1) is 4.84. The number of nitriles is 1. The molecule has 0 aromatic heterocycles. The smallest absolute Gasteiger partial charge is 0.127 e. The summed E-state index contributed by atoms with van der Waals surface area (Å²) in [6.07, 6.45) is 0.644. The molecule has 3 heteroatoms. The van der Waals surface area contributed by atoms with Crippen LogP contribution in [0.2, 0.25) is 0 Å². The van der Waals surface area contributed by atoms with Crippen molar-refractivity contribution in [3.8, 4) is 6.07 Å². The van der Waals surface area contributed by atoms with E-state index < -0.39 is 6.17 Å². The van der Waals surface area contributed by atoms with Gasteiger partial charge >= 0.3 is 0 Å². The van der Waals surface area contributed by atoms with Gasteiger partial charge in [-0.25, -0.2) is 4.39 Å². The summed E-state index contributed by atoms with van der Waals surface area (Å²) >= 11 is 0. The van der Waals surface area contributed by atoms with Crippen LogP contribution in [0, 0.1) is 11.3 Å². The normalized spacial score (nSPS) is 30.0. The van der Waals surface area contributed by atoms with Crippen LogP contribution in [0.3, 0.4) is 0 Å². The maximum absolute atomic E-state index is 12.7. The maximum atomic E-state index is 12.7. The average molecular weight is 141 g/mol. The van der Waals surface area contributed by atoms with Crippen molar-refractivity contribution in [3.05, 3.63) is 11.6 Å². The highest BCUT2D eigenvalue weighted by Crippen LogP contribution is 2.16. The average Bonchev–Trinajstić information content (AvgIpc) is 1.94. The van der Waals surface area contributed by atoms with Crippen molar-refractivity contribution in [1.29, 1.82) is 5.26 Å². The molecule has 1 aliphatic heterocycles. The fourth-order valence-corrected chi connectivity index (χ4v) is 0.868. The van der Waals surface area contributed by atoms with Crippen molar-refractivity contribution in [2.75, 3.05) is 13.2 Å². The maximum Gasteiger partial charge on any atom is 0.127 e. The van der Waals surface area contributed by atoms with Gasteiger partial charge in [0.05, 0.1) is 19.3 Å². The molecule has 1 fully saturated rings. The Kier molecular flexibility index (Phi) is 2.41. The zero-order chi connectivity index (χ0) is 7.40. The van der Waals surface area contributed by atoms with Crippen LogP contribution in [-0.2, 0) is 4.74 Å². The molecule has 54 valence electrons. The summed E-state index contributed by atoms with van der Waals surface area (Å²) < 4.78 is 17.7. The van der Waals surface area contributed by atoms with Crippen LogP contribution in [0.15, 0.2) is 11.6 Å². The predicted molar refractivity (Wildman–Crippen MR) is 34.0 cm³/mol. The van der Waals surface area contributed by atoms with E-state index in [1.54, 1.807) is 6.07 Å². The summed E-state index contributed by atoms with van der Waals surface area (Å²) in [6.45, 7) is 0.735. The van der Waals surface area contributed by atoms with E-state index in [2.05, 4.69) is 0 Å². The monoisotopic (exact) mass is 141 g/mol. The number of hydrogen-bond acceptors (Lipinski definition) is 2. The number of hydrogen-bond donors (Lipinski definition) is 0. The van der Waals surface area contributed by atoms with Crippen molar-refractivity contribution >= 4 is 0 Å². The lowest BCUT2D eigenvalue weighted by atomic mass is 10.1. The predicted octanol–water partition coefficient (Wildman–Crippen LogP) is 1.19. The fourth-order valence-electron chi connectivity index (χ4n) is 0.868. The van der Waals surface area contributed by atoms with Crippen molar-refractivity contribution < 1.29 is 9.13 Å². The summed E-state index contributed by atoms with van der Waals surface area (Å²) in [5.41, 5.74) is 0.466. The Labute approximate surface area is 58.9 Å². The van der Waals surface area contributed by atoms with Crippen molar-refractivity contribution in [1.82, 2.24) is 0 Å². The second kappa shape index (κ2) is 3.33. The first-order valence-corrected chi connectivity index (χ1v) is 3.15. The van der Waals surface area contributed by atoms with Gasteiger partial charge in [0.1, 0.15) is 6.17 Å². The number of allylic oxidation sites excluding steroid dienone is 1. The summed E-state index contributed by atoms with van der Waals surface area (Å²) in [5, 5.41) is 8.19. The zero-order valence-corrected chi connectivity index (χ0v) is 5.51. The van der Waals surface area contributed by atoms with Gasteiger partial charge in [-0.3, -0.25) is 0 Å². The van der Waals surface area contributed by atoms with E-state index in [1.165, 1.54) is 6.08 Å². The van der Waals surface area contributed by atoms with Crippen molar-refractivity contribution in [2.24, 2.45) is 0 Å². The highest BCUT2D eigenvalue weighted by atomic mass is 19.1. The number of ether oxygens (including phenoxy) is 1. The van der Waals surface area contributed by atoms with E-state index in [-0.39, 0.29) is 6.61 Å². The number of rotatable bonds is 0. The molecule has 10 heavy (non-hydrogen) atoms. The molecule has 0 aliphatic carbocycles. The minimum Gasteiger partial charge on any atom is -0.377 e. The third-order valence-corrected chi connectivity index (χ3v) is 1.44. The minimum absolute atomic E-state index is 0.273. The third kappa shape index (κ3) is 1.55. The number of nitrogens with zero attached hydrogens (tertiary/aromatic N) is 1. The number of alkyl halides is 1. The topological polar surface area (TPSA) is 33.0 Å². The molecule has 1 aliphatic rings. The molecule has 0 saturated carbocycles. The summed E-state index contributed by atoms with van der Waals surface area (Å²) in [7, 11) is 0. The molecular weight excluding hydrogens is 133 g/mol. The lowest BCUT2D eigenvalue weighted by Gasteiger charge is -2.17. The largest absolute Gasteiger partial charge is 0.377 e. The lowest BCUT2D eigenvalue weighted by Crippen LogP contribution is -2.19. The molecule has 1 atom stereocenters. The standard InChI is InChI=1S/C7H8FNO/c8-7-2-4-10-5-6(7)1-3-9/h1,7H,2,4-5H2/b6-1-. The van der Waals surface area contributed by atoms with Gasteiger partial charge in [0, 0.05) is 12.5 Å². The first kappa shape index (κ1) is 7.23. The van der Waals surface area contributed by atoms with E-state index in [9.17, 15) is 4.39 Å². The van der Waals surface area contributed by atoms with Crippen LogP contribution in [0.25, 0.3) is 0 Å². The van der Waals surface area contributed by atoms with E-state index >= 15 is 0 Å². The molecule has 0 amide bonds. The fraction of sp³-hybridized carbons (Fsp3) is 0.571. The minimum atomic E-state index is -0.964. The molecular formula is C7H8FNO. The van der Waals surface area contributed by atoms with Crippen molar-refractivity contribution in [2.45, 2.75) is 12.6 Å². The molecule has 0 N–H and O–H groups in total. The van der Waals surface area contributed by atoms with Gasteiger partial charge in [0.25, 0.3) is 0 Å². The van der Waals surface area contributed by atoms with Gasteiger partial charge in [-0.1, -0.05) is 0 Å². The summed E-state index contributed by atoms with van der Waals surface area (Å²) in [4.78, 5) is 0. The van der Waals surface area contributed by atoms with E-state index in [0.29, 0.717) is 18.6 Å².